The summed E-state index contributed by atoms with van der Waals surface area (Å²) in [6.07, 6.45) is 2.97. The van der Waals surface area contributed by atoms with Crippen molar-refractivity contribution in [3.8, 4) is 0 Å². The first-order valence-corrected chi connectivity index (χ1v) is 7.40. The van der Waals surface area contributed by atoms with Crippen molar-refractivity contribution in [3.05, 3.63) is 35.4 Å². The Labute approximate surface area is 130 Å². The van der Waals surface area contributed by atoms with E-state index in [1.165, 1.54) is 12.1 Å². The number of esters is 1. The minimum Gasteiger partial charge on any atom is -0.478 e. The van der Waals surface area contributed by atoms with Crippen molar-refractivity contribution in [2.75, 3.05) is 6.61 Å². The van der Waals surface area contributed by atoms with Crippen LogP contribution in [0.4, 0.5) is 0 Å². The highest BCUT2D eigenvalue weighted by Crippen LogP contribution is 2.14. The van der Waals surface area contributed by atoms with E-state index in [0.717, 1.165) is 12.8 Å². The van der Waals surface area contributed by atoms with Gasteiger partial charge in [-0.2, -0.15) is 0 Å². The molecule has 5 heteroatoms. The van der Waals surface area contributed by atoms with E-state index in [9.17, 15) is 14.4 Å². The van der Waals surface area contributed by atoms with Crippen LogP contribution in [0.15, 0.2) is 24.3 Å². The molecule has 1 N–H and O–H groups in total. The maximum absolute atomic E-state index is 11.9. The van der Waals surface area contributed by atoms with E-state index in [2.05, 4.69) is 6.92 Å². The lowest BCUT2D eigenvalue weighted by Crippen LogP contribution is -2.12. The van der Waals surface area contributed by atoms with Crippen molar-refractivity contribution in [3.63, 3.8) is 0 Å². The molecule has 1 atom stereocenters. The number of rotatable bonds is 9. The smallest absolute Gasteiger partial charge is 0.339 e. The average Bonchev–Trinajstić information content (AvgIpc) is 2.49. The molecular formula is C17H22O5. The fraction of sp³-hybridized carbons (Fsp3) is 0.471. The van der Waals surface area contributed by atoms with E-state index in [0.29, 0.717) is 18.8 Å². The second-order valence-electron chi connectivity index (χ2n) is 5.47. The van der Waals surface area contributed by atoms with Gasteiger partial charge in [-0.3, -0.25) is 0 Å². The van der Waals surface area contributed by atoms with Crippen LogP contribution in [0.1, 0.15) is 60.2 Å². The van der Waals surface area contributed by atoms with Gasteiger partial charge >= 0.3 is 11.9 Å². The highest BCUT2D eigenvalue weighted by Gasteiger charge is 2.16. The first-order chi connectivity index (χ1) is 10.4. The molecule has 0 saturated carbocycles. The van der Waals surface area contributed by atoms with E-state index in [1.54, 1.807) is 19.1 Å². The minimum absolute atomic E-state index is 0.0534. The Morgan fingerprint density at radius 2 is 1.77 bits per heavy atom. The van der Waals surface area contributed by atoms with Crippen molar-refractivity contribution < 1.29 is 24.2 Å². The summed E-state index contributed by atoms with van der Waals surface area (Å²) in [6, 6.07) is 5.99. The van der Waals surface area contributed by atoms with E-state index in [1.807, 2.05) is 0 Å². The number of carbonyl (C=O) groups is 3. The lowest BCUT2D eigenvalue weighted by atomic mass is 9.99. The molecule has 1 aromatic rings. The van der Waals surface area contributed by atoms with Crippen molar-refractivity contribution in [1.82, 2.24) is 0 Å². The summed E-state index contributed by atoms with van der Waals surface area (Å²) in [4.78, 5) is 33.8. The van der Waals surface area contributed by atoms with Gasteiger partial charge in [0.1, 0.15) is 5.78 Å². The SMILES string of the molecule is CC(=O)CCC(C)CCCOC(=O)c1ccccc1C(=O)O. The fourth-order valence-corrected chi connectivity index (χ4v) is 2.12. The summed E-state index contributed by atoms with van der Waals surface area (Å²) in [7, 11) is 0. The zero-order valence-electron chi connectivity index (χ0n) is 13.0. The van der Waals surface area contributed by atoms with Crippen LogP contribution in [-0.2, 0) is 9.53 Å². The Hall–Kier alpha value is -2.17. The molecule has 5 nitrogen and oxygen atoms in total. The monoisotopic (exact) mass is 306 g/mol. The van der Waals surface area contributed by atoms with Gasteiger partial charge < -0.3 is 14.6 Å². The molecule has 1 aromatic carbocycles. The Kier molecular flexibility index (Phi) is 7.29. The lowest BCUT2D eigenvalue weighted by Gasteiger charge is -2.11. The summed E-state index contributed by atoms with van der Waals surface area (Å²) in [5, 5.41) is 9.03. The summed E-state index contributed by atoms with van der Waals surface area (Å²) in [6.45, 7) is 3.89. The molecule has 0 aliphatic heterocycles. The molecule has 1 rings (SSSR count). The molecule has 0 aliphatic carbocycles. The van der Waals surface area contributed by atoms with Gasteiger partial charge in [-0.05, 0) is 44.2 Å². The summed E-state index contributed by atoms with van der Waals surface area (Å²) < 4.78 is 5.13. The first kappa shape index (κ1) is 17.9. The van der Waals surface area contributed by atoms with E-state index in [4.69, 9.17) is 9.84 Å². The van der Waals surface area contributed by atoms with Crippen molar-refractivity contribution in [2.24, 2.45) is 5.92 Å². The number of carboxylic acid groups (broad SMARTS) is 1. The first-order valence-electron chi connectivity index (χ1n) is 7.40. The Balaban J connectivity index is 2.38. The predicted molar refractivity (Wildman–Crippen MR) is 82.0 cm³/mol. The molecule has 22 heavy (non-hydrogen) atoms. The second kappa shape index (κ2) is 8.97. The quantitative estimate of drug-likeness (QED) is 0.559. The molecule has 120 valence electrons. The van der Waals surface area contributed by atoms with Crippen LogP contribution in [0.5, 0.6) is 0 Å². The number of ether oxygens (including phenoxy) is 1. The fourth-order valence-electron chi connectivity index (χ4n) is 2.12. The zero-order chi connectivity index (χ0) is 16.5. The van der Waals surface area contributed by atoms with E-state index >= 15 is 0 Å². The molecular weight excluding hydrogens is 284 g/mol. The number of carbonyl (C=O) groups excluding carboxylic acids is 2. The topological polar surface area (TPSA) is 80.7 Å². The minimum atomic E-state index is -1.15. The van der Waals surface area contributed by atoms with Gasteiger partial charge in [0.25, 0.3) is 0 Å². The number of hydrogen-bond donors (Lipinski definition) is 1. The summed E-state index contributed by atoms with van der Waals surface area (Å²) in [5.74, 6) is -1.18. The molecule has 0 aliphatic rings. The average molecular weight is 306 g/mol. The normalized spacial score (nSPS) is 11.7. The third-order valence-electron chi connectivity index (χ3n) is 3.44. The second-order valence-corrected chi connectivity index (χ2v) is 5.47. The third kappa shape index (κ3) is 6.08. The predicted octanol–water partition coefficient (Wildman–Crippen LogP) is 3.33. The number of Topliss-reactive ketones (excluding diaryl/α,β-unsaturated/α-hetero) is 1. The van der Waals surface area contributed by atoms with Gasteiger partial charge in [-0.25, -0.2) is 9.59 Å². The molecule has 0 saturated heterocycles. The maximum Gasteiger partial charge on any atom is 0.339 e. The van der Waals surface area contributed by atoms with Gasteiger partial charge in [0, 0.05) is 6.42 Å². The maximum atomic E-state index is 11.9. The van der Waals surface area contributed by atoms with Crippen LogP contribution in [0.2, 0.25) is 0 Å². The molecule has 0 bridgehead atoms. The summed E-state index contributed by atoms with van der Waals surface area (Å²) >= 11 is 0. The van der Waals surface area contributed by atoms with Crippen LogP contribution >= 0.6 is 0 Å². The molecule has 0 aromatic heterocycles. The van der Waals surface area contributed by atoms with Gasteiger partial charge in [0.05, 0.1) is 17.7 Å². The third-order valence-corrected chi connectivity index (χ3v) is 3.44. The van der Waals surface area contributed by atoms with Gasteiger partial charge in [-0.1, -0.05) is 19.1 Å². The highest BCUT2D eigenvalue weighted by atomic mass is 16.5. The van der Waals surface area contributed by atoms with Gasteiger partial charge in [0.15, 0.2) is 0 Å². The highest BCUT2D eigenvalue weighted by molar-refractivity contribution is 6.02. The number of ketones is 1. The molecule has 1 unspecified atom stereocenters. The Bertz CT molecular complexity index is 536. The lowest BCUT2D eigenvalue weighted by molar-refractivity contribution is -0.117. The molecule has 0 radical (unpaired) electrons. The molecule has 0 amide bonds. The van der Waals surface area contributed by atoms with E-state index < -0.39 is 11.9 Å². The standard InChI is InChI=1S/C17H22O5/c1-12(9-10-13(2)18)6-5-11-22-17(21)15-8-4-3-7-14(15)16(19)20/h3-4,7-8,12H,5-6,9-11H2,1-2H3,(H,19,20). The van der Waals surface area contributed by atoms with Crippen molar-refractivity contribution in [1.29, 1.82) is 0 Å². The molecule has 0 fully saturated rings. The molecule has 0 spiro atoms. The summed E-state index contributed by atoms with van der Waals surface area (Å²) in [5.41, 5.74) is 0.0157. The van der Waals surface area contributed by atoms with Gasteiger partial charge in [0.2, 0.25) is 0 Å². The number of hydrogen-bond acceptors (Lipinski definition) is 4. The van der Waals surface area contributed by atoms with Crippen LogP contribution < -0.4 is 0 Å². The van der Waals surface area contributed by atoms with Crippen molar-refractivity contribution in [2.45, 2.75) is 39.5 Å². The number of aromatic carboxylic acids is 1. The van der Waals surface area contributed by atoms with Crippen LogP contribution in [0.25, 0.3) is 0 Å². The zero-order valence-corrected chi connectivity index (χ0v) is 13.0. The van der Waals surface area contributed by atoms with Crippen molar-refractivity contribution >= 4 is 17.7 Å². The Morgan fingerprint density at radius 3 is 2.36 bits per heavy atom. The Morgan fingerprint density at radius 1 is 1.14 bits per heavy atom. The van der Waals surface area contributed by atoms with Crippen LogP contribution in [0, 0.1) is 5.92 Å². The van der Waals surface area contributed by atoms with E-state index in [-0.39, 0.29) is 23.5 Å². The molecule has 0 heterocycles. The number of carboxylic acids is 1. The largest absolute Gasteiger partial charge is 0.478 e. The number of benzene rings is 1. The van der Waals surface area contributed by atoms with Gasteiger partial charge in [-0.15, -0.1) is 0 Å². The van der Waals surface area contributed by atoms with Crippen LogP contribution in [-0.4, -0.2) is 29.4 Å². The van der Waals surface area contributed by atoms with Crippen LogP contribution in [0.3, 0.4) is 0 Å².